The van der Waals surface area contributed by atoms with Gasteiger partial charge in [0.2, 0.25) is 0 Å². The minimum absolute atomic E-state index is 0.210. The van der Waals surface area contributed by atoms with Gasteiger partial charge in [0.25, 0.3) is 0 Å². The van der Waals surface area contributed by atoms with E-state index in [2.05, 4.69) is 29.0 Å². The Hall–Kier alpha value is -3.64. The number of hydrogen-bond donors (Lipinski definition) is 1. The maximum atomic E-state index is 12.3. The van der Waals surface area contributed by atoms with Crippen molar-refractivity contribution in [2.24, 2.45) is 0 Å². The first-order valence-electron chi connectivity index (χ1n) is 8.50. The van der Waals surface area contributed by atoms with Crippen LogP contribution in [-0.4, -0.2) is 13.4 Å². The van der Waals surface area contributed by atoms with Crippen LogP contribution in [-0.2, 0) is 0 Å². The molecule has 0 amide bonds. The van der Waals surface area contributed by atoms with Gasteiger partial charge in [0.1, 0.15) is 17.5 Å². The highest BCUT2D eigenvalue weighted by Gasteiger charge is 2.31. The Kier molecular flexibility index (Phi) is 8.58. The molecule has 0 aliphatic carbocycles. The minimum Gasteiger partial charge on any atom is -0.406 e. The molecule has 2 aromatic carbocycles. The van der Waals surface area contributed by atoms with E-state index < -0.39 is 6.36 Å². The van der Waals surface area contributed by atoms with Crippen molar-refractivity contribution in [2.75, 3.05) is 7.05 Å². The molecule has 2 aromatic rings. The molecule has 3 nitrogen and oxygen atoms in total. The van der Waals surface area contributed by atoms with E-state index in [9.17, 15) is 13.2 Å². The highest BCUT2D eigenvalue weighted by Crippen LogP contribution is 2.27. The summed E-state index contributed by atoms with van der Waals surface area (Å²) in [6, 6.07) is 14.3. The summed E-state index contributed by atoms with van der Waals surface area (Å²) in [6.07, 6.45) is 6.97. The number of halogens is 3. The van der Waals surface area contributed by atoms with Crippen LogP contribution in [0.1, 0.15) is 29.2 Å². The monoisotopic (exact) mass is 398 g/mol. The van der Waals surface area contributed by atoms with Crippen molar-refractivity contribution in [3.05, 3.63) is 70.4 Å². The minimum atomic E-state index is -4.70. The van der Waals surface area contributed by atoms with Crippen LogP contribution in [0.5, 0.6) is 5.75 Å². The smallest absolute Gasteiger partial charge is 0.406 e. The number of ether oxygens (including phenoxy) is 1. The van der Waals surface area contributed by atoms with Gasteiger partial charge in [-0.05, 0) is 59.9 Å². The van der Waals surface area contributed by atoms with Crippen LogP contribution < -0.4 is 10.1 Å². The summed E-state index contributed by atoms with van der Waals surface area (Å²) in [5, 5.41) is 12.0. The topological polar surface area (TPSA) is 45.0 Å². The van der Waals surface area contributed by atoms with Crippen molar-refractivity contribution >= 4 is 17.7 Å². The number of terminal acetylenes is 1. The predicted octanol–water partition coefficient (Wildman–Crippen LogP) is 5.79. The van der Waals surface area contributed by atoms with Gasteiger partial charge in [-0.2, -0.15) is 5.26 Å². The van der Waals surface area contributed by atoms with Crippen molar-refractivity contribution in [1.82, 2.24) is 5.32 Å². The Morgan fingerprint density at radius 2 is 1.72 bits per heavy atom. The Labute approximate surface area is 169 Å². The molecule has 0 fully saturated rings. The Morgan fingerprint density at radius 1 is 1.10 bits per heavy atom. The quantitative estimate of drug-likeness (QED) is 0.394. The van der Waals surface area contributed by atoms with Gasteiger partial charge >= 0.3 is 6.36 Å². The highest BCUT2D eigenvalue weighted by atomic mass is 19.4. The number of allylic oxidation sites excluding steroid dienone is 2. The van der Waals surface area contributed by atoms with E-state index in [1.165, 1.54) is 6.07 Å². The van der Waals surface area contributed by atoms with E-state index in [1.54, 1.807) is 26.1 Å². The Balaban J connectivity index is 0.00000204. The highest BCUT2D eigenvalue weighted by molar-refractivity contribution is 5.75. The summed E-state index contributed by atoms with van der Waals surface area (Å²) in [4.78, 5) is 0. The number of rotatable bonds is 5. The zero-order valence-electron chi connectivity index (χ0n) is 16.3. The molecule has 0 aliphatic heterocycles. The van der Waals surface area contributed by atoms with Crippen molar-refractivity contribution in [1.29, 1.82) is 5.26 Å². The molecule has 150 valence electrons. The zero-order chi connectivity index (χ0) is 22.0. The third-order valence-electron chi connectivity index (χ3n) is 3.95. The van der Waals surface area contributed by atoms with Crippen LogP contribution in [0.4, 0.5) is 13.2 Å². The number of nitrogens with zero attached hydrogens (tertiary/aromatic N) is 1. The van der Waals surface area contributed by atoms with E-state index in [0.29, 0.717) is 11.3 Å². The SMILES string of the molecule is C#C.CN/C(C#N)=C(\C)c1cccc(/C=C/c2ccc(OC(F)(F)F)c(C)c2)c1. The van der Waals surface area contributed by atoms with Crippen molar-refractivity contribution in [3.8, 4) is 24.7 Å². The summed E-state index contributed by atoms with van der Waals surface area (Å²) in [5.74, 6) is -0.210. The lowest BCUT2D eigenvalue weighted by Crippen LogP contribution is -2.17. The van der Waals surface area contributed by atoms with Crippen LogP contribution in [0.3, 0.4) is 0 Å². The second-order valence-electron chi connectivity index (χ2n) is 5.89. The molecule has 0 saturated carbocycles. The molecule has 6 heteroatoms. The molecule has 0 aliphatic rings. The molecule has 0 saturated heterocycles. The summed E-state index contributed by atoms with van der Waals surface area (Å²) in [7, 11) is 1.69. The molecular weight excluding hydrogens is 377 g/mol. The molecule has 0 spiro atoms. The van der Waals surface area contributed by atoms with E-state index >= 15 is 0 Å². The largest absolute Gasteiger partial charge is 0.573 e. The summed E-state index contributed by atoms with van der Waals surface area (Å²) in [5.41, 5.74) is 4.30. The molecule has 0 bridgehead atoms. The summed E-state index contributed by atoms with van der Waals surface area (Å²) >= 11 is 0. The average molecular weight is 398 g/mol. The van der Waals surface area contributed by atoms with Gasteiger partial charge in [0.15, 0.2) is 0 Å². The lowest BCUT2D eigenvalue weighted by molar-refractivity contribution is -0.274. The van der Waals surface area contributed by atoms with Crippen LogP contribution >= 0.6 is 0 Å². The zero-order valence-corrected chi connectivity index (χ0v) is 16.3. The normalized spacial score (nSPS) is 11.7. The first-order chi connectivity index (χ1) is 13.7. The van der Waals surface area contributed by atoms with Crippen molar-refractivity contribution < 1.29 is 17.9 Å². The number of nitrogens with one attached hydrogen (secondary N) is 1. The van der Waals surface area contributed by atoms with E-state index in [-0.39, 0.29) is 5.75 Å². The molecule has 0 atom stereocenters. The fourth-order valence-corrected chi connectivity index (χ4v) is 2.56. The lowest BCUT2D eigenvalue weighted by atomic mass is 10.0. The van der Waals surface area contributed by atoms with Crippen molar-refractivity contribution in [3.63, 3.8) is 0 Å². The Morgan fingerprint density at radius 3 is 2.24 bits per heavy atom. The number of alkyl halides is 3. The van der Waals surface area contributed by atoms with Crippen LogP contribution in [0.15, 0.2) is 48.2 Å². The van der Waals surface area contributed by atoms with Crippen LogP contribution in [0.25, 0.3) is 17.7 Å². The first-order valence-corrected chi connectivity index (χ1v) is 8.50. The molecular formula is C23H21F3N2O. The van der Waals surface area contributed by atoms with Crippen LogP contribution in [0.2, 0.25) is 0 Å². The summed E-state index contributed by atoms with van der Waals surface area (Å²) < 4.78 is 41.0. The van der Waals surface area contributed by atoms with Gasteiger partial charge in [0, 0.05) is 7.05 Å². The second-order valence-corrected chi connectivity index (χ2v) is 5.89. The molecule has 0 heterocycles. The van der Waals surface area contributed by atoms with Gasteiger partial charge in [0.05, 0.1) is 0 Å². The van der Waals surface area contributed by atoms with Crippen molar-refractivity contribution in [2.45, 2.75) is 20.2 Å². The molecule has 0 radical (unpaired) electrons. The van der Waals surface area contributed by atoms with E-state index in [0.717, 1.165) is 22.3 Å². The molecule has 1 N–H and O–H groups in total. The van der Waals surface area contributed by atoms with E-state index in [4.69, 9.17) is 5.26 Å². The standard InChI is InChI=1S/C21H19F3N2O.C2H2/c1-14-11-17(9-10-20(14)27-21(22,23)24)8-7-16-5-4-6-18(12-16)15(2)19(13-25)26-3;1-2/h4-12,26H,1-3H3;1-2H/b8-7+,19-15+;. The number of hydrogen-bond acceptors (Lipinski definition) is 3. The molecule has 0 unspecified atom stereocenters. The maximum Gasteiger partial charge on any atom is 0.573 e. The maximum absolute atomic E-state index is 12.3. The van der Waals surface area contributed by atoms with Gasteiger partial charge in [-0.3, -0.25) is 0 Å². The molecule has 29 heavy (non-hydrogen) atoms. The second kappa shape index (κ2) is 10.6. The van der Waals surface area contributed by atoms with Gasteiger partial charge in [-0.25, -0.2) is 0 Å². The Bertz CT molecular complexity index is 964. The fraction of sp³-hybridized carbons (Fsp3) is 0.174. The van der Waals surface area contributed by atoms with Gasteiger partial charge < -0.3 is 10.1 Å². The predicted molar refractivity (Wildman–Crippen MR) is 110 cm³/mol. The van der Waals surface area contributed by atoms with Crippen LogP contribution in [0, 0.1) is 31.1 Å². The van der Waals surface area contributed by atoms with Gasteiger partial charge in [-0.1, -0.05) is 36.4 Å². The third-order valence-corrected chi connectivity index (χ3v) is 3.95. The van der Waals surface area contributed by atoms with E-state index in [1.807, 2.05) is 43.3 Å². The first kappa shape index (κ1) is 23.4. The molecule has 0 aromatic heterocycles. The summed E-state index contributed by atoms with van der Waals surface area (Å²) in [6.45, 7) is 3.43. The average Bonchev–Trinajstić information content (AvgIpc) is 2.70. The van der Waals surface area contributed by atoms with Gasteiger partial charge in [-0.15, -0.1) is 26.0 Å². The number of nitriles is 1. The fourth-order valence-electron chi connectivity index (χ4n) is 2.56. The third kappa shape index (κ3) is 7.12. The number of aryl methyl sites for hydroxylation is 1. The lowest BCUT2D eigenvalue weighted by Gasteiger charge is -2.11. The molecule has 2 rings (SSSR count). The number of benzene rings is 2.